The van der Waals surface area contributed by atoms with E-state index in [1.807, 2.05) is 0 Å². The topological polar surface area (TPSA) is 37.3 Å². The Labute approximate surface area is 106 Å². The van der Waals surface area contributed by atoms with Gasteiger partial charge in [0.2, 0.25) is 0 Å². The van der Waals surface area contributed by atoms with Crippen molar-refractivity contribution in [2.24, 2.45) is 5.92 Å². The zero-order valence-electron chi connectivity index (χ0n) is 11.5. The number of carboxylic acids is 1. The Morgan fingerprint density at radius 1 is 1.12 bits per heavy atom. The molecule has 0 bridgehead atoms. The smallest absolute Gasteiger partial charge is 0.303 e. The molecule has 0 radical (unpaired) electrons. The maximum atomic E-state index is 10.3. The summed E-state index contributed by atoms with van der Waals surface area (Å²) in [5.74, 6) is 0.139. The molecule has 0 unspecified atom stereocenters. The van der Waals surface area contributed by atoms with Crippen molar-refractivity contribution in [2.45, 2.75) is 71.6 Å². The first kappa shape index (κ1) is 16.2. The van der Waals surface area contributed by atoms with Gasteiger partial charge in [-0.3, -0.25) is 4.79 Å². The molecule has 0 aromatic heterocycles. The lowest BCUT2D eigenvalue weighted by molar-refractivity contribution is -0.137. The van der Waals surface area contributed by atoms with Crippen LogP contribution in [-0.4, -0.2) is 11.1 Å². The second kappa shape index (κ2) is 11.7. The van der Waals surface area contributed by atoms with Crippen molar-refractivity contribution in [3.63, 3.8) is 0 Å². The second-order valence-electron chi connectivity index (χ2n) is 4.92. The maximum absolute atomic E-state index is 10.3. The van der Waals surface area contributed by atoms with E-state index >= 15 is 0 Å². The lowest BCUT2D eigenvalue weighted by Gasteiger charge is -2.02. The molecule has 0 aliphatic carbocycles. The molecule has 1 atom stereocenters. The third-order valence-corrected chi connectivity index (χ3v) is 3.16. The van der Waals surface area contributed by atoms with Gasteiger partial charge in [-0.25, -0.2) is 0 Å². The number of allylic oxidation sites excluding steroid dienone is 2. The first-order chi connectivity index (χ1) is 8.16. The molecule has 0 aliphatic heterocycles. The number of hydrogen-bond acceptors (Lipinski definition) is 1. The van der Waals surface area contributed by atoms with Crippen LogP contribution in [-0.2, 0) is 4.79 Å². The molecule has 17 heavy (non-hydrogen) atoms. The standard InChI is InChI=1S/C15H28O2/c1-3-14(2)12-10-8-6-4-5-7-9-11-13-15(16)17/h8,10,14H,3-7,9,11-13H2,1-2H3,(H,16,17)/b10-8+/t14-/m0/s1. The summed E-state index contributed by atoms with van der Waals surface area (Å²) < 4.78 is 0. The van der Waals surface area contributed by atoms with E-state index in [-0.39, 0.29) is 0 Å². The normalized spacial score (nSPS) is 13.1. The van der Waals surface area contributed by atoms with Crippen LogP contribution in [0.15, 0.2) is 12.2 Å². The van der Waals surface area contributed by atoms with Gasteiger partial charge in [0, 0.05) is 6.42 Å². The minimum atomic E-state index is -0.669. The zero-order chi connectivity index (χ0) is 12.9. The van der Waals surface area contributed by atoms with E-state index in [9.17, 15) is 4.79 Å². The van der Waals surface area contributed by atoms with E-state index in [1.165, 1.54) is 38.5 Å². The summed E-state index contributed by atoms with van der Waals surface area (Å²) in [5.41, 5.74) is 0. The van der Waals surface area contributed by atoms with Crippen LogP contribution in [0, 0.1) is 5.92 Å². The van der Waals surface area contributed by atoms with Gasteiger partial charge >= 0.3 is 5.97 Å². The SMILES string of the molecule is CC[C@H](C)C/C=C/CCCCCCCC(=O)O. The Balaban J connectivity index is 3.15. The third kappa shape index (κ3) is 13.1. The van der Waals surface area contributed by atoms with Gasteiger partial charge in [0.15, 0.2) is 0 Å². The number of aliphatic carboxylic acids is 1. The summed E-state index contributed by atoms with van der Waals surface area (Å²) in [5, 5.41) is 8.47. The first-order valence-corrected chi connectivity index (χ1v) is 7.03. The van der Waals surface area contributed by atoms with Crippen molar-refractivity contribution < 1.29 is 9.90 Å². The van der Waals surface area contributed by atoms with E-state index in [1.54, 1.807) is 0 Å². The van der Waals surface area contributed by atoms with Crippen LogP contribution in [0.25, 0.3) is 0 Å². The summed E-state index contributed by atoms with van der Waals surface area (Å²) in [6.45, 7) is 4.52. The molecule has 0 fully saturated rings. The molecule has 0 saturated heterocycles. The maximum Gasteiger partial charge on any atom is 0.303 e. The molecule has 0 saturated carbocycles. The first-order valence-electron chi connectivity index (χ1n) is 7.03. The van der Waals surface area contributed by atoms with Crippen LogP contribution in [0.5, 0.6) is 0 Å². The van der Waals surface area contributed by atoms with Crippen LogP contribution >= 0.6 is 0 Å². The summed E-state index contributed by atoms with van der Waals surface area (Å²) in [6, 6.07) is 0. The fraction of sp³-hybridized carbons (Fsp3) is 0.800. The fourth-order valence-electron chi connectivity index (χ4n) is 1.68. The van der Waals surface area contributed by atoms with Gasteiger partial charge in [-0.15, -0.1) is 0 Å². The predicted octanol–water partition coefficient (Wildman–Crippen LogP) is 4.79. The minimum absolute atomic E-state index is 0.328. The molecule has 0 amide bonds. The number of hydrogen-bond donors (Lipinski definition) is 1. The average Bonchev–Trinajstić information content (AvgIpc) is 2.30. The molecule has 100 valence electrons. The lowest BCUT2D eigenvalue weighted by atomic mass is 10.0. The summed E-state index contributed by atoms with van der Waals surface area (Å²) in [7, 11) is 0. The quantitative estimate of drug-likeness (QED) is 0.416. The molecule has 1 N–H and O–H groups in total. The Kier molecular flexibility index (Phi) is 11.1. The van der Waals surface area contributed by atoms with Crippen LogP contribution < -0.4 is 0 Å². The highest BCUT2D eigenvalue weighted by Gasteiger charge is 1.96. The van der Waals surface area contributed by atoms with Crippen molar-refractivity contribution in [1.82, 2.24) is 0 Å². The Morgan fingerprint density at radius 3 is 2.41 bits per heavy atom. The van der Waals surface area contributed by atoms with E-state index in [2.05, 4.69) is 26.0 Å². The van der Waals surface area contributed by atoms with Crippen molar-refractivity contribution >= 4 is 5.97 Å². The number of carbonyl (C=O) groups is 1. The Bertz CT molecular complexity index is 209. The molecule has 0 rings (SSSR count). The number of carboxylic acid groups (broad SMARTS) is 1. The molecule has 0 aliphatic rings. The van der Waals surface area contributed by atoms with Crippen LogP contribution in [0.2, 0.25) is 0 Å². The predicted molar refractivity (Wildman–Crippen MR) is 73.2 cm³/mol. The molecule has 2 heteroatoms. The summed E-state index contributed by atoms with van der Waals surface area (Å²) in [4.78, 5) is 10.3. The van der Waals surface area contributed by atoms with Gasteiger partial charge in [0.25, 0.3) is 0 Å². The van der Waals surface area contributed by atoms with E-state index in [4.69, 9.17) is 5.11 Å². The highest BCUT2D eigenvalue weighted by Crippen LogP contribution is 2.10. The molecule has 0 aromatic carbocycles. The van der Waals surface area contributed by atoms with Crippen molar-refractivity contribution in [3.05, 3.63) is 12.2 Å². The number of rotatable bonds is 11. The fourth-order valence-corrected chi connectivity index (χ4v) is 1.68. The monoisotopic (exact) mass is 240 g/mol. The van der Waals surface area contributed by atoms with Crippen LogP contribution in [0.4, 0.5) is 0 Å². The van der Waals surface area contributed by atoms with Crippen molar-refractivity contribution in [3.8, 4) is 0 Å². The van der Waals surface area contributed by atoms with E-state index in [0.717, 1.165) is 18.8 Å². The van der Waals surface area contributed by atoms with Gasteiger partial charge < -0.3 is 5.11 Å². The second-order valence-corrected chi connectivity index (χ2v) is 4.92. The highest BCUT2D eigenvalue weighted by molar-refractivity contribution is 5.66. The highest BCUT2D eigenvalue weighted by atomic mass is 16.4. The zero-order valence-corrected chi connectivity index (χ0v) is 11.5. The Morgan fingerprint density at radius 2 is 1.76 bits per heavy atom. The molecular formula is C15H28O2. The summed E-state index contributed by atoms with van der Waals surface area (Å²) >= 11 is 0. The van der Waals surface area contributed by atoms with Gasteiger partial charge in [-0.1, -0.05) is 51.7 Å². The summed E-state index contributed by atoms with van der Waals surface area (Å²) in [6.07, 6.45) is 14.1. The Hall–Kier alpha value is -0.790. The largest absolute Gasteiger partial charge is 0.481 e. The van der Waals surface area contributed by atoms with E-state index < -0.39 is 5.97 Å². The molecule has 0 spiro atoms. The van der Waals surface area contributed by atoms with Gasteiger partial charge in [-0.05, 0) is 31.6 Å². The van der Waals surface area contributed by atoms with Gasteiger partial charge in [0.1, 0.15) is 0 Å². The third-order valence-electron chi connectivity index (χ3n) is 3.16. The van der Waals surface area contributed by atoms with Crippen molar-refractivity contribution in [2.75, 3.05) is 0 Å². The molecule has 0 heterocycles. The van der Waals surface area contributed by atoms with Crippen molar-refractivity contribution in [1.29, 1.82) is 0 Å². The molecule has 2 nitrogen and oxygen atoms in total. The van der Waals surface area contributed by atoms with Gasteiger partial charge in [-0.2, -0.15) is 0 Å². The minimum Gasteiger partial charge on any atom is -0.481 e. The van der Waals surface area contributed by atoms with Crippen LogP contribution in [0.3, 0.4) is 0 Å². The average molecular weight is 240 g/mol. The number of unbranched alkanes of at least 4 members (excludes halogenated alkanes) is 5. The van der Waals surface area contributed by atoms with E-state index in [0.29, 0.717) is 6.42 Å². The van der Waals surface area contributed by atoms with Crippen LogP contribution in [0.1, 0.15) is 71.6 Å². The lowest BCUT2D eigenvalue weighted by Crippen LogP contribution is -1.93. The molecular weight excluding hydrogens is 212 g/mol. The van der Waals surface area contributed by atoms with Gasteiger partial charge in [0.05, 0.1) is 0 Å². The molecule has 0 aromatic rings.